The summed E-state index contributed by atoms with van der Waals surface area (Å²) in [5, 5.41) is 25.6. The highest BCUT2D eigenvalue weighted by atomic mass is 32.2. The molecule has 14 nitrogen and oxygen atoms in total. The van der Waals surface area contributed by atoms with Gasteiger partial charge in [-0.15, -0.1) is 0 Å². The van der Waals surface area contributed by atoms with Gasteiger partial charge in [-0.25, -0.2) is 20.0 Å². The number of anilines is 1. The second-order valence-electron chi connectivity index (χ2n) is 7.81. The normalized spacial score (nSPS) is 13.4. The van der Waals surface area contributed by atoms with E-state index in [0.29, 0.717) is 23.3 Å². The predicted molar refractivity (Wildman–Crippen MR) is 139 cm³/mol. The molecule has 0 saturated carbocycles. The van der Waals surface area contributed by atoms with Crippen LogP contribution in [0, 0.1) is 20.2 Å². The molecule has 0 atom stereocenters. The Morgan fingerprint density at radius 2 is 1.64 bits per heavy atom. The van der Waals surface area contributed by atoms with Crippen molar-refractivity contribution in [3.05, 3.63) is 117 Å². The molecule has 3 heterocycles. The quantitative estimate of drug-likeness (QED) is 0.201. The molecule has 2 aromatic carbocycles. The van der Waals surface area contributed by atoms with Crippen molar-refractivity contribution in [2.45, 2.75) is 4.90 Å². The van der Waals surface area contributed by atoms with Crippen LogP contribution in [0.1, 0.15) is 11.1 Å². The molecular formula is C24H15N7O7S. The number of aromatic nitrogens is 2. The minimum atomic E-state index is -4.84. The van der Waals surface area contributed by atoms with E-state index in [1.807, 2.05) is 0 Å². The zero-order valence-electron chi connectivity index (χ0n) is 19.5. The zero-order valence-corrected chi connectivity index (χ0v) is 20.3. The van der Waals surface area contributed by atoms with Gasteiger partial charge in [-0.05, 0) is 36.4 Å². The largest absolute Gasteiger partial charge is 0.378 e. The fourth-order valence-corrected chi connectivity index (χ4v) is 4.74. The van der Waals surface area contributed by atoms with Gasteiger partial charge in [-0.3, -0.25) is 20.2 Å². The van der Waals surface area contributed by atoms with Crippen LogP contribution in [-0.4, -0.2) is 39.9 Å². The van der Waals surface area contributed by atoms with Gasteiger partial charge < -0.3 is 9.50 Å². The summed E-state index contributed by atoms with van der Waals surface area (Å²) in [6.45, 7) is 0. The standard InChI is InChI=1S/C24H15N7O7S/c32-30(33)15-10-11-19(17(14-15)31(34)35)39(36,37)38-18-7-5-6-16-22(18)24(28-21-9-2-4-13-26-21)29-23(16)27-20-8-1-3-12-25-20/h1-14H,(H,25,26,27,28,29). The maximum absolute atomic E-state index is 13.2. The van der Waals surface area contributed by atoms with Crippen molar-refractivity contribution in [2.75, 3.05) is 5.32 Å². The number of hydrogen-bond acceptors (Lipinski definition) is 11. The van der Waals surface area contributed by atoms with Gasteiger partial charge in [0.15, 0.2) is 22.3 Å². The predicted octanol–water partition coefficient (Wildman–Crippen LogP) is 4.01. The Hall–Kier alpha value is -5.57. The Labute approximate surface area is 219 Å². The van der Waals surface area contributed by atoms with Gasteiger partial charge in [-0.2, -0.15) is 8.42 Å². The van der Waals surface area contributed by atoms with Crippen molar-refractivity contribution in [1.29, 1.82) is 0 Å². The molecule has 2 aromatic heterocycles. The van der Waals surface area contributed by atoms with Gasteiger partial charge in [0.1, 0.15) is 11.7 Å². The first-order chi connectivity index (χ1) is 18.7. The van der Waals surface area contributed by atoms with Gasteiger partial charge in [0.25, 0.3) is 11.4 Å². The minimum absolute atomic E-state index is 0.155. The number of nitrogens with one attached hydrogen (secondary N) is 1. The van der Waals surface area contributed by atoms with Gasteiger partial charge >= 0.3 is 10.1 Å². The Kier molecular flexibility index (Phi) is 6.47. The summed E-state index contributed by atoms with van der Waals surface area (Å²) < 4.78 is 31.8. The number of nitrogens with zero attached hydrogens (tertiary/aromatic N) is 6. The first kappa shape index (κ1) is 25.1. The monoisotopic (exact) mass is 545 g/mol. The van der Waals surface area contributed by atoms with Crippen LogP contribution < -0.4 is 9.50 Å². The Morgan fingerprint density at radius 3 is 2.31 bits per heavy atom. The molecule has 0 fully saturated rings. The van der Waals surface area contributed by atoms with Crippen molar-refractivity contribution < 1.29 is 22.4 Å². The number of hydrogen-bond donors (Lipinski definition) is 1. The maximum atomic E-state index is 13.2. The van der Waals surface area contributed by atoms with Crippen LogP contribution in [0.2, 0.25) is 0 Å². The zero-order chi connectivity index (χ0) is 27.6. The van der Waals surface area contributed by atoms with Crippen molar-refractivity contribution in [2.24, 2.45) is 9.98 Å². The van der Waals surface area contributed by atoms with E-state index in [0.717, 1.165) is 12.1 Å². The van der Waals surface area contributed by atoms with E-state index in [1.54, 1.807) is 54.9 Å². The van der Waals surface area contributed by atoms with E-state index in [1.165, 1.54) is 12.1 Å². The number of rotatable bonds is 7. The average Bonchev–Trinajstić information content (AvgIpc) is 3.26. The number of nitro benzene ring substituents is 2. The molecule has 5 rings (SSSR count). The molecule has 0 amide bonds. The lowest BCUT2D eigenvalue weighted by Gasteiger charge is -2.13. The van der Waals surface area contributed by atoms with Crippen molar-refractivity contribution in [3.8, 4) is 5.75 Å². The molecule has 0 radical (unpaired) electrons. The van der Waals surface area contributed by atoms with E-state index in [9.17, 15) is 28.6 Å². The van der Waals surface area contributed by atoms with E-state index >= 15 is 0 Å². The molecule has 39 heavy (non-hydrogen) atoms. The number of non-ortho nitro benzene ring substituents is 1. The molecule has 0 spiro atoms. The summed E-state index contributed by atoms with van der Waals surface area (Å²) in [4.78, 5) is 37.2. The van der Waals surface area contributed by atoms with E-state index in [4.69, 9.17) is 4.18 Å². The molecule has 1 N–H and O–H groups in total. The summed E-state index contributed by atoms with van der Waals surface area (Å²) in [7, 11) is -4.84. The average molecular weight is 545 g/mol. The Balaban J connectivity index is 1.61. The van der Waals surface area contributed by atoms with Gasteiger partial charge in [0, 0.05) is 24.0 Å². The molecule has 0 unspecified atom stereocenters. The Morgan fingerprint density at radius 1 is 0.872 bits per heavy atom. The van der Waals surface area contributed by atoms with Crippen LogP contribution >= 0.6 is 0 Å². The fraction of sp³-hybridized carbons (Fsp3) is 0. The van der Waals surface area contributed by atoms with Gasteiger partial charge in [0.05, 0.1) is 21.5 Å². The molecular weight excluding hydrogens is 530 g/mol. The minimum Gasteiger partial charge on any atom is -0.378 e. The summed E-state index contributed by atoms with van der Waals surface area (Å²) >= 11 is 0. The smallest absolute Gasteiger partial charge is 0.346 e. The van der Waals surface area contributed by atoms with Crippen LogP contribution in [0.4, 0.5) is 23.0 Å². The third-order valence-electron chi connectivity index (χ3n) is 5.32. The molecule has 15 heteroatoms. The first-order valence-electron chi connectivity index (χ1n) is 11.0. The lowest BCUT2D eigenvalue weighted by Crippen LogP contribution is -2.17. The fourth-order valence-electron chi connectivity index (χ4n) is 3.65. The van der Waals surface area contributed by atoms with Crippen molar-refractivity contribution in [3.63, 3.8) is 0 Å². The highest BCUT2D eigenvalue weighted by Gasteiger charge is 2.33. The number of nitro groups is 2. The SMILES string of the molecule is O=[N+]([O-])c1ccc(S(=O)(=O)Oc2cccc3c2C(Nc2ccccn2)=N/C3=N/c2ccccn2)c([N+](=O)[O-])c1. The molecule has 0 aliphatic carbocycles. The number of aliphatic imine (C=N–C) groups is 2. The van der Waals surface area contributed by atoms with Crippen LogP contribution in [0.5, 0.6) is 5.75 Å². The second-order valence-corrected chi connectivity index (χ2v) is 9.32. The second kappa shape index (κ2) is 10.1. The third-order valence-corrected chi connectivity index (χ3v) is 6.60. The molecule has 194 valence electrons. The highest BCUT2D eigenvalue weighted by Crippen LogP contribution is 2.35. The number of amidine groups is 2. The number of fused-ring (bicyclic) bond motifs is 1. The Bertz CT molecular complexity index is 1780. The lowest BCUT2D eigenvalue weighted by molar-refractivity contribution is -0.396. The highest BCUT2D eigenvalue weighted by molar-refractivity contribution is 7.87. The van der Waals surface area contributed by atoms with E-state index < -0.39 is 36.2 Å². The van der Waals surface area contributed by atoms with E-state index in [2.05, 4.69) is 25.3 Å². The topological polar surface area (TPSA) is 192 Å². The molecule has 0 saturated heterocycles. The molecule has 0 bridgehead atoms. The van der Waals surface area contributed by atoms with Crippen LogP contribution in [-0.2, 0) is 10.1 Å². The van der Waals surface area contributed by atoms with Crippen LogP contribution in [0.15, 0.2) is 100 Å². The molecule has 1 aliphatic heterocycles. The van der Waals surface area contributed by atoms with Crippen molar-refractivity contribution >= 4 is 44.8 Å². The summed E-state index contributed by atoms with van der Waals surface area (Å²) in [6.07, 6.45) is 3.09. The van der Waals surface area contributed by atoms with Crippen LogP contribution in [0.3, 0.4) is 0 Å². The van der Waals surface area contributed by atoms with Gasteiger partial charge in [-0.1, -0.05) is 24.3 Å². The van der Waals surface area contributed by atoms with Crippen molar-refractivity contribution in [1.82, 2.24) is 9.97 Å². The maximum Gasteiger partial charge on any atom is 0.346 e. The number of benzene rings is 2. The molecule has 4 aromatic rings. The lowest BCUT2D eigenvalue weighted by atomic mass is 10.1. The third kappa shape index (κ3) is 5.14. The van der Waals surface area contributed by atoms with Crippen LogP contribution in [0.25, 0.3) is 0 Å². The molecule has 1 aliphatic rings. The summed E-state index contributed by atoms with van der Waals surface area (Å²) in [5.41, 5.74) is -1.06. The summed E-state index contributed by atoms with van der Waals surface area (Å²) in [5.74, 6) is 0.883. The van der Waals surface area contributed by atoms with Gasteiger partial charge in [0.2, 0.25) is 0 Å². The first-order valence-corrected chi connectivity index (χ1v) is 12.4. The summed E-state index contributed by atoms with van der Waals surface area (Å²) in [6, 6.07) is 16.8. The van der Waals surface area contributed by atoms with E-state index in [-0.39, 0.29) is 23.0 Å². The number of pyridine rings is 2.